The molecule has 4 saturated carbocycles. The number of carbonyl (C=O) groups excluding carboxylic acids is 1. The molecule has 1 heterocycles. The molecule has 4 aliphatic carbocycles. The molecular weight excluding hydrogens is 328 g/mol. The Morgan fingerprint density at radius 2 is 1.79 bits per heavy atom. The third-order valence-electron chi connectivity index (χ3n) is 7.17. The van der Waals surface area contributed by atoms with Crippen LogP contribution >= 0.6 is 0 Å². The number of amides is 1. The summed E-state index contributed by atoms with van der Waals surface area (Å²) in [5.74, 6) is 1.68. The molecule has 2 atom stereocenters. The molecule has 0 spiro atoms. The van der Waals surface area contributed by atoms with Crippen LogP contribution in [0.3, 0.4) is 0 Å². The van der Waals surface area contributed by atoms with Gasteiger partial charge in [-0.15, -0.1) is 0 Å². The van der Waals surface area contributed by atoms with E-state index in [4.69, 9.17) is 0 Å². The maximum atomic E-state index is 12.7. The van der Waals surface area contributed by atoms with E-state index in [1.54, 1.807) is 4.90 Å². The Labute approximate surface area is 144 Å². The Balaban J connectivity index is 1.38. The lowest BCUT2D eigenvalue weighted by atomic mass is 9.44. The summed E-state index contributed by atoms with van der Waals surface area (Å²) in [7, 11) is -3.21. The first-order valence-electron chi connectivity index (χ1n) is 9.04. The smallest absolute Gasteiger partial charge is 0.223 e. The van der Waals surface area contributed by atoms with E-state index >= 15 is 0 Å². The summed E-state index contributed by atoms with van der Waals surface area (Å²) in [6, 6.07) is -0.143. The van der Waals surface area contributed by atoms with Gasteiger partial charge in [-0.1, -0.05) is 6.92 Å². The second-order valence-corrected chi connectivity index (χ2v) is 10.9. The number of carbonyl (C=O) groups is 1. The Morgan fingerprint density at radius 1 is 1.21 bits per heavy atom. The molecule has 136 valence electrons. The van der Waals surface area contributed by atoms with Crippen LogP contribution < -0.4 is 4.72 Å². The van der Waals surface area contributed by atoms with E-state index in [2.05, 4.69) is 11.6 Å². The van der Waals surface area contributed by atoms with Crippen molar-refractivity contribution in [3.8, 4) is 0 Å². The number of aliphatic hydroxyl groups is 1. The van der Waals surface area contributed by atoms with Crippen molar-refractivity contribution >= 4 is 15.9 Å². The molecule has 0 aromatic heterocycles. The first kappa shape index (κ1) is 16.8. The largest absolute Gasteiger partial charge is 0.390 e. The average Bonchev–Trinajstić information content (AvgIpc) is 2.37. The number of hydrogen-bond donors (Lipinski definition) is 2. The topological polar surface area (TPSA) is 86.7 Å². The molecule has 24 heavy (non-hydrogen) atoms. The van der Waals surface area contributed by atoms with Gasteiger partial charge in [0.15, 0.2) is 0 Å². The number of sulfonamides is 1. The van der Waals surface area contributed by atoms with E-state index in [0.29, 0.717) is 37.3 Å². The van der Waals surface area contributed by atoms with E-state index in [-0.39, 0.29) is 17.4 Å². The van der Waals surface area contributed by atoms with Gasteiger partial charge in [0, 0.05) is 19.5 Å². The predicted octanol–water partition coefficient (Wildman–Crippen LogP) is 0.714. The zero-order valence-electron chi connectivity index (χ0n) is 14.5. The fourth-order valence-electron chi connectivity index (χ4n) is 6.06. The second kappa shape index (κ2) is 5.17. The Kier molecular flexibility index (Phi) is 3.62. The van der Waals surface area contributed by atoms with Gasteiger partial charge in [-0.25, -0.2) is 13.1 Å². The Hall–Kier alpha value is -0.660. The first-order chi connectivity index (χ1) is 11.1. The minimum Gasteiger partial charge on any atom is -0.390 e. The van der Waals surface area contributed by atoms with Crippen molar-refractivity contribution in [1.29, 1.82) is 0 Å². The number of nitrogens with zero attached hydrogens (tertiary/aromatic N) is 1. The highest BCUT2D eigenvalue weighted by molar-refractivity contribution is 7.88. The van der Waals surface area contributed by atoms with Gasteiger partial charge in [-0.05, 0) is 55.3 Å². The van der Waals surface area contributed by atoms with E-state index in [0.717, 1.165) is 38.4 Å². The molecule has 7 heteroatoms. The van der Waals surface area contributed by atoms with Gasteiger partial charge in [0.2, 0.25) is 15.9 Å². The summed E-state index contributed by atoms with van der Waals surface area (Å²) in [5, 5.41) is 10.7. The van der Waals surface area contributed by atoms with Gasteiger partial charge in [-0.3, -0.25) is 4.79 Å². The first-order valence-corrected chi connectivity index (χ1v) is 10.9. The van der Waals surface area contributed by atoms with Gasteiger partial charge in [-0.2, -0.15) is 0 Å². The predicted molar refractivity (Wildman–Crippen MR) is 89.6 cm³/mol. The minimum absolute atomic E-state index is 0.00438. The molecule has 2 unspecified atom stereocenters. The molecule has 5 fully saturated rings. The van der Waals surface area contributed by atoms with E-state index in [9.17, 15) is 18.3 Å². The summed E-state index contributed by atoms with van der Waals surface area (Å²) < 4.78 is 25.0. The Morgan fingerprint density at radius 3 is 2.29 bits per heavy atom. The zero-order valence-corrected chi connectivity index (χ0v) is 15.3. The van der Waals surface area contributed by atoms with Crippen molar-refractivity contribution < 1.29 is 18.3 Å². The fourth-order valence-corrected chi connectivity index (χ4v) is 6.82. The van der Waals surface area contributed by atoms with Crippen LogP contribution in [0.5, 0.6) is 0 Å². The standard InChI is InChI=1S/C17H28N2O4S/c1-16(8-15(20)19-9-14(10-19)18-24(2,22)23)12-3-11-4-13(16)7-17(21,5-11)6-12/h11-14,18,21H,3-10H2,1-2H3/t11?,12?,13?,16-,17-. The van der Waals surface area contributed by atoms with Crippen LogP contribution in [0.1, 0.15) is 45.4 Å². The molecule has 0 radical (unpaired) electrons. The van der Waals surface area contributed by atoms with E-state index < -0.39 is 15.6 Å². The summed E-state index contributed by atoms with van der Waals surface area (Å²) >= 11 is 0. The maximum Gasteiger partial charge on any atom is 0.223 e. The highest BCUT2D eigenvalue weighted by Gasteiger charge is 2.60. The van der Waals surface area contributed by atoms with E-state index in [1.165, 1.54) is 0 Å². The third-order valence-corrected chi connectivity index (χ3v) is 7.93. The van der Waals surface area contributed by atoms with Gasteiger partial charge < -0.3 is 10.0 Å². The van der Waals surface area contributed by atoms with Crippen molar-refractivity contribution in [3.05, 3.63) is 0 Å². The van der Waals surface area contributed by atoms with Crippen LogP contribution in [-0.4, -0.2) is 55.3 Å². The third kappa shape index (κ3) is 2.78. The summed E-state index contributed by atoms with van der Waals surface area (Å²) in [4.78, 5) is 14.5. The molecule has 2 N–H and O–H groups in total. The van der Waals surface area contributed by atoms with Crippen LogP contribution in [-0.2, 0) is 14.8 Å². The lowest BCUT2D eigenvalue weighted by Crippen LogP contribution is -2.63. The van der Waals surface area contributed by atoms with Crippen molar-refractivity contribution in [3.63, 3.8) is 0 Å². The van der Waals surface area contributed by atoms with Gasteiger partial charge in [0.05, 0.1) is 17.9 Å². The van der Waals surface area contributed by atoms with Crippen LogP contribution in [0.4, 0.5) is 0 Å². The van der Waals surface area contributed by atoms with Crippen LogP contribution in [0.25, 0.3) is 0 Å². The average molecular weight is 356 g/mol. The molecule has 1 saturated heterocycles. The zero-order chi connectivity index (χ0) is 17.3. The van der Waals surface area contributed by atoms with Crippen molar-refractivity contribution in [2.45, 2.75) is 57.1 Å². The van der Waals surface area contributed by atoms with E-state index in [1.807, 2.05) is 0 Å². The number of rotatable bonds is 4. The molecule has 4 bridgehead atoms. The number of nitrogens with one attached hydrogen (secondary N) is 1. The molecule has 1 aliphatic heterocycles. The molecule has 5 rings (SSSR count). The highest BCUT2D eigenvalue weighted by Crippen LogP contribution is 2.64. The molecular formula is C17H28N2O4S. The normalized spacial score (nSPS) is 44.6. The molecule has 6 nitrogen and oxygen atoms in total. The molecule has 0 aromatic carbocycles. The highest BCUT2D eigenvalue weighted by atomic mass is 32.2. The van der Waals surface area contributed by atoms with Gasteiger partial charge in [0.1, 0.15) is 0 Å². The summed E-state index contributed by atoms with van der Waals surface area (Å²) in [6.45, 7) is 3.20. The van der Waals surface area contributed by atoms with Gasteiger partial charge in [0.25, 0.3) is 0 Å². The fraction of sp³-hybridized carbons (Fsp3) is 0.941. The quantitative estimate of drug-likeness (QED) is 0.777. The lowest BCUT2D eigenvalue weighted by Gasteiger charge is -2.63. The minimum atomic E-state index is -3.21. The van der Waals surface area contributed by atoms with Crippen LogP contribution in [0.15, 0.2) is 0 Å². The summed E-state index contributed by atoms with van der Waals surface area (Å²) in [6.07, 6.45) is 6.65. The molecule has 5 aliphatic rings. The Bertz CT molecular complexity index is 640. The maximum absolute atomic E-state index is 12.7. The van der Waals surface area contributed by atoms with Crippen LogP contribution in [0, 0.1) is 23.2 Å². The van der Waals surface area contributed by atoms with Crippen LogP contribution in [0.2, 0.25) is 0 Å². The van der Waals surface area contributed by atoms with Crippen molar-refractivity contribution in [1.82, 2.24) is 9.62 Å². The molecule has 0 aromatic rings. The molecule has 1 amide bonds. The SMILES string of the molecule is CS(=O)(=O)NC1CN(C(=O)C[C@]2(C)C3CC4CC2C[C@@](O)(C4)C3)C1. The number of likely N-dealkylation sites (tertiary alicyclic amines) is 1. The van der Waals surface area contributed by atoms with Crippen molar-refractivity contribution in [2.75, 3.05) is 19.3 Å². The second-order valence-electron chi connectivity index (χ2n) is 9.14. The number of hydrogen-bond acceptors (Lipinski definition) is 4. The monoisotopic (exact) mass is 356 g/mol. The van der Waals surface area contributed by atoms with Crippen molar-refractivity contribution in [2.24, 2.45) is 23.2 Å². The summed E-state index contributed by atoms with van der Waals surface area (Å²) in [5.41, 5.74) is -0.476. The van der Waals surface area contributed by atoms with Gasteiger partial charge >= 0.3 is 0 Å². The lowest BCUT2D eigenvalue weighted by molar-refractivity contribution is -0.192.